The molecule has 0 aromatic heterocycles. The number of carbonyl (C=O) groups excluding carboxylic acids is 1. The molecule has 14 heavy (non-hydrogen) atoms. The van der Waals surface area contributed by atoms with Crippen LogP contribution < -0.4 is 0 Å². The van der Waals surface area contributed by atoms with Crippen LogP contribution >= 0.6 is 0 Å². The number of carbonyl (C=O) groups is 1. The van der Waals surface area contributed by atoms with Crippen molar-refractivity contribution in [3.63, 3.8) is 0 Å². The molecule has 0 heterocycles. The van der Waals surface area contributed by atoms with Gasteiger partial charge in [0.25, 0.3) is 0 Å². The third-order valence-corrected chi connectivity index (χ3v) is 2.57. The molecule has 1 fully saturated rings. The van der Waals surface area contributed by atoms with E-state index >= 15 is 0 Å². The molecule has 1 rings (SSSR count). The van der Waals surface area contributed by atoms with Crippen LogP contribution in [-0.2, 0) is 4.79 Å². The van der Waals surface area contributed by atoms with E-state index in [1.807, 2.05) is 26.8 Å². The van der Waals surface area contributed by atoms with Crippen molar-refractivity contribution >= 4 is 5.78 Å². The highest BCUT2D eigenvalue weighted by molar-refractivity contribution is 5.93. The summed E-state index contributed by atoms with van der Waals surface area (Å²) in [6, 6.07) is 0.768. The molecule has 0 aliphatic heterocycles. The summed E-state index contributed by atoms with van der Waals surface area (Å²) < 4.78 is 0. The Balaban J connectivity index is 2.29. The summed E-state index contributed by atoms with van der Waals surface area (Å²) in [5.41, 5.74) is -0.241. The molecule has 0 N–H and O–H groups in total. The monoisotopic (exact) mass is 195 g/mol. The summed E-state index contributed by atoms with van der Waals surface area (Å²) in [6.07, 6.45) is 6.33. The first-order chi connectivity index (χ1) is 6.41. The summed E-state index contributed by atoms with van der Waals surface area (Å²) in [5, 5.41) is 0. The van der Waals surface area contributed by atoms with Crippen molar-refractivity contribution in [1.29, 1.82) is 0 Å². The Hall–Kier alpha value is -0.630. The van der Waals surface area contributed by atoms with Gasteiger partial charge in [0.1, 0.15) is 0 Å². The molecule has 2 heteroatoms. The lowest BCUT2D eigenvalue weighted by Gasteiger charge is -2.14. The first-order valence-corrected chi connectivity index (χ1v) is 5.32. The van der Waals surface area contributed by atoms with Crippen molar-refractivity contribution in [2.24, 2.45) is 5.41 Å². The molecule has 1 aliphatic rings. The van der Waals surface area contributed by atoms with Gasteiger partial charge in [-0.05, 0) is 26.0 Å². The Morgan fingerprint density at radius 1 is 1.43 bits per heavy atom. The second-order valence-corrected chi connectivity index (χ2v) is 5.19. The number of likely N-dealkylation sites (N-methyl/N-ethyl adjacent to an activating group) is 1. The predicted octanol–water partition coefficient (Wildman–Crippen LogP) is 2.25. The Kier molecular flexibility index (Phi) is 3.48. The zero-order valence-corrected chi connectivity index (χ0v) is 9.71. The van der Waals surface area contributed by atoms with Gasteiger partial charge in [-0.3, -0.25) is 9.69 Å². The minimum absolute atomic E-state index is 0.210. The van der Waals surface area contributed by atoms with E-state index in [4.69, 9.17) is 0 Å². The molecule has 0 saturated heterocycles. The Morgan fingerprint density at radius 3 is 2.43 bits per heavy atom. The Morgan fingerprint density at radius 2 is 2.00 bits per heavy atom. The average molecular weight is 195 g/mol. The van der Waals surface area contributed by atoms with E-state index in [0.717, 1.165) is 12.6 Å². The smallest absolute Gasteiger partial charge is 0.160 e. The molecule has 0 spiro atoms. The molecule has 1 saturated carbocycles. The predicted molar refractivity (Wildman–Crippen MR) is 59.3 cm³/mol. The lowest BCUT2D eigenvalue weighted by atomic mass is 9.91. The second-order valence-electron chi connectivity index (χ2n) is 5.19. The SMILES string of the molecule is CN(C/C=C/C(=O)C(C)(C)C)C1CC1. The van der Waals surface area contributed by atoms with Gasteiger partial charge < -0.3 is 0 Å². The summed E-state index contributed by atoms with van der Waals surface area (Å²) in [6.45, 7) is 6.74. The van der Waals surface area contributed by atoms with E-state index in [0.29, 0.717) is 0 Å². The topological polar surface area (TPSA) is 20.3 Å². The van der Waals surface area contributed by atoms with Gasteiger partial charge in [0.15, 0.2) is 5.78 Å². The first kappa shape index (κ1) is 11.4. The lowest BCUT2D eigenvalue weighted by molar-refractivity contribution is -0.121. The van der Waals surface area contributed by atoms with Crippen LogP contribution in [-0.4, -0.2) is 30.3 Å². The van der Waals surface area contributed by atoms with Crippen molar-refractivity contribution in [2.75, 3.05) is 13.6 Å². The van der Waals surface area contributed by atoms with Crippen molar-refractivity contribution in [3.05, 3.63) is 12.2 Å². The molecule has 80 valence electrons. The molecule has 0 amide bonds. The van der Waals surface area contributed by atoms with Gasteiger partial charge in [0.05, 0.1) is 0 Å². The summed E-state index contributed by atoms with van der Waals surface area (Å²) in [5.74, 6) is 0.210. The van der Waals surface area contributed by atoms with Gasteiger partial charge in [-0.25, -0.2) is 0 Å². The van der Waals surface area contributed by atoms with Gasteiger partial charge >= 0.3 is 0 Å². The van der Waals surface area contributed by atoms with Gasteiger partial charge in [-0.2, -0.15) is 0 Å². The largest absolute Gasteiger partial charge is 0.300 e. The second kappa shape index (κ2) is 4.26. The number of ketones is 1. The quantitative estimate of drug-likeness (QED) is 0.641. The van der Waals surface area contributed by atoms with Gasteiger partial charge in [-0.15, -0.1) is 0 Å². The van der Waals surface area contributed by atoms with E-state index < -0.39 is 0 Å². The summed E-state index contributed by atoms with van der Waals surface area (Å²) >= 11 is 0. The molecular formula is C12H21NO. The molecule has 0 radical (unpaired) electrons. The van der Waals surface area contributed by atoms with Crippen molar-refractivity contribution in [1.82, 2.24) is 4.90 Å². The lowest BCUT2D eigenvalue weighted by Crippen LogP contribution is -2.22. The third-order valence-electron chi connectivity index (χ3n) is 2.57. The zero-order valence-electron chi connectivity index (χ0n) is 9.71. The average Bonchev–Trinajstić information content (AvgIpc) is 2.84. The molecule has 2 nitrogen and oxygen atoms in total. The Labute approximate surface area is 87.0 Å². The summed E-state index contributed by atoms with van der Waals surface area (Å²) in [7, 11) is 2.11. The van der Waals surface area contributed by atoms with E-state index in [1.54, 1.807) is 6.08 Å². The highest BCUT2D eigenvalue weighted by Crippen LogP contribution is 2.24. The number of hydrogen-bond donors (Lipinski definition) is 0. The van der Waals surface area contributed by atoms with Crippen LogP contribution in [0.15, 0.2) is 12.2 Å². The van der Waals surface area contributed by atoms with E-state index in [1.165, 1.54) is 12.8 Å². The standard InChI is InChI=1S/C12H21NO/c1-12(2,3)11(14)6-5-9-13(4)10-7-8-10/h5-6,10H,7-9H2,1-4H3/b6-5+. The number of allylic oxidation sites excluding steroid dienone is 1. The van der Waals surface area contributed by atoms with Crippen LogP contribution in [0.5, 0.6) is 0 Å². The van der Waals surface area contributed by atoms with E-state index in [-0.39, 0.29) is 11.2 Å². The Bertz CT molecular complexity index is 233. The van der Waals surface area contributed by atoms with Gasteiger partial charge in [-0.1, -0.05) is 26.8 Å². The van der Waals surface area contributed by atoms with Crippen LogP contribution in [0.1, 0.15) is 33.6 Å². The van der Waals surface area contributed by atoms with Crippen LogP contribution in [0.4, 0.5) is 0 Å². The highest BCUT2D eigenvalue weighted by Gasteiger charge is 2.25. The van der Waals surface area contributed by atoms with E-state index in [9.17, 15) is 4.79 Å². The maximum atomic E-state index is 11.5. The maximum absolute atomic E-state index is 11.5. The van der Waals surface area contributed by atoms with E-state index in [2.05, 4.69) is 11.9 Å². The maximum Gasteiger partial charge on any atom is 0.160 e. The van der Waals surface area contributed by atoms with Crippen LogP contribution in [0.2, 0.25) is 0 Å². The fourth-order valence-electron chi connectivity index (χ4n) is 1.24. The zero-order chi connectivity index (χ0) is 10.8. The molecule has 0 atom stereocenters. The molecular weight excluding hydrogens is 174 g/mol. The van der Waals surface area contributed by atoms with Crippen molar-refractivity contribution < 1.29 is 4.79 Å². The fourth-order valence-corrected chi connectivity index (χ4v) is 1.24. The minimum Gasteiger partial charge on any atom is -0.300 e. The van der Waals surface area contributed by atoms with Crippen LogP contribution in [0.25, 0.3) is 0 Å². The van der Waals surface area contributed by atoms with Crippen molar-refractivity contribution in [3.8, 4) is 0 Å². The summed E-state index contributed by atoms with van der Waals surface area (Å²) in [4.78, 5) is 13.8. The molecule has 0 aromatic rings. The fraction of sp³-hybridized carbons (Fsp3) is 0.750. The minimum atomic E-state index is -0.241. The molecule has 1 aliphatic carbocycles. The highest BCUT2D eigenvalue weighted by atomic mass is 16.1. The van der Waals surface area contributed by atoms with Crippen LogP contribution in [0, 0.1) is 5.41 Å². The first-order valence-electron chi connectivity index (χ1n) is 5.32. The molecule has 0 aromatic carbocycles. The number of hydrogen-bond acceptors (Lipinski definition) is 2. The molecule has 0 unspecified atom stereocenters. The molecule has 0 bridgehead atoms. The van der Waals surface area contributed by atoms with Crippen molar-refractivity contribution in [2.45, 2.75) is 39.7 Å². The third kappa shape index (κ3) is 3.62. The number of nitrogens with zero attached hydrogens (tertiary/aromatic N) is 1. The number of rotatable bonds is 4. The normalized spacial score (nSPS) is 18.1. The van der Waals surface area contributed by atoms with Crippen LogP contribution in [0.3, 0.4) is 0 Å². The van der Waals surface area contributed by atoms with Gasteiger partial charge in [0, 0.05) is 18.0 Å². The van der Waals surface area contributed by atoms with Gasteiger partial charge in [0.2, 0.25) is 0 Å².